The molecule has 2 aromatic heterocycles. The first-order valence-corrected chi connectivity index (χ1v) is 10.9. The van der Waals surface area contributed by atoms with E-state index in [2.05, 4.69) is 19.7 Å². The smallest absolute Gasteiger partial charge is 0.248 e. The van der Waals surface area contributed by atoms with Crippen molar-refractivity contribution in [3.05, 3.63) is 42.5 Å². The molecule has 2 aliphatic rings. The van der Waals surface area contributed by atoms with Gasteiger partial charge in [0.1, 0.15) is 25.6 Å². The Bertz CT molecular complexity index is 1060. The summed E-state index contributed by atoms with van der Waals surface area (Å²) >= 11 is 1.20. The van der Waals surface area contributed by atoms with Crippen molar-refractivity contribution in [2.45, 2.75) is 25.0 Å². The van der Waals surface area contributed by atoms with Crippen molar-refractivity contribution in [1.82, 2.24) is 24.2 Å². The third-order valence-electron chi connectivity index (χ3n) is 5.29. The molecule has 1 unspecified atom stereocenters. The summed E-state index contributed by atoms with van der Waals surface area (Å²) in [7, 11) is 0. The van der Waals surface area contributed by atoms with Crippen LogP contribution in [0.2, 0.25) is 0 Å². The number of fused-ring (bicyclic) bond motifs is 1. The molecule has 4 heterocycles. The van der Waals surface area contributed by atoms with Gasteiger partial charge in [0.25, 0.3) is 0 Å². The number of amides is 1. The molecule has 2 N–H and O–H groups in total. The number of ether oxygens (including phenoxy) is 2. The molecule has 11 heteroatoms. The summed E-state index contributed by atoms with van der Waals surface area (Å²) in [6.07, 6.45) is 5.46. The first-order valence-electron chi connectivity index (χ1n) is 10.1. The fraction of sp³-hybridized carbons (Fsp3) is 0.400. The van der Waals surface area contributed by atoms with Gasteiger partial charge in [-0.15, -0.1) is 0 Å². The van der Waals surface area contributed by atoms with E-state index < -0.39 is 12.1 Å². The van der Waals surface area contributed by atoms with Gasteiger partial charge in [0.15, 0.2) is 11.5 Å². The van der Waals surface area contributed by atoms with Crippen LogP contribution in [0.1, 0.15) is 12.0 Å². The normalized spacial score (nSPS) is 20.1. The van der Waals surface area contributed by atoms with Gasteiger partial charge in [0, 0.05) is 43.4 Å². The van der Waals surface area contributed by atoms with E-state index in [1.54, 1.807) is 23.3 Å². The summed E-state index contributed by atoms with van der Waals surface area (Å²) in [4.78, 5) is 23.2. The summed E-state index contributed by atoms with van der Waals surface area (Å²) in [5.74, 6) is 1.86. The molecular formula is C20H22N6O4S. The average molecular weight is 443 g/mol. The van der Waals surface area contributed by atoms with Crippen molar-refractivity contribution >= 4 is 22.6 Å². The monoisotopic (exact) mass is 442 g/mol. The number of β-amino-alcohol motifs (C(OH)–C–C–N with tert-alkyl or cyclic N) is 1. The van der Waals surface area contributed by atoms with Gasteiger partial charge in [-0.05, 0) is 24.1 Å². The number of rotatable bonds is 6. The summed E-state index contributed by atoms with van der Waals surface area (Å²) < 4.78 is 17.2. The average Bonchev–Trinajstić information content (AvgIpc) is 3.53. The van der Waals surface area contributed by atoms with Crippen LogP contribution < -0.4 is 19.7 Å². The number of nitrogens with one attached hydrogen (secondary N) is 1. The number of anilines is 1. The number of carbonyl (C=O) groups is 1. The standard InChI is InChI=1S/C20H22N6O4S/c27-14-10-15(26(11-14)20-23-19(24-31-20)25-6-5-21-12-25)18(28)22-4-3-13-1-2-16-17(9-13)30-8-7-29-16/h1-2,5-6,9,12,14-15,27H,3-4,7-8,10-11H2,(H,22,28)/t14?,15-/m1/s1. The number of carbonyl (C=O) groups excluding carboxylic acids is 1. The molecule has 31 heavy (non-hydrogen) atoms. The first kappa shape index (κ1) is 19.8. The van der Waals surface area contributed by atoms with Crippen LogP contribution in [0.15, 0.2) is 36.9 Å². The highest BCUT2D eigenvalue weighted by molar-refractivity contribution is 7.09. The molecule has 10 nitrogen and oxygen atoms in total. The fourth-order valence-electron chi connectivity index (χ4n) is 3.77. The lowest BCUT2D eigenvalue weighted by Crippen LogP contribution is -2.44. The molecule has 1 fully saturated rings. The van der Waals surface area contributed by atoms with Gasteiger partial charge in [-0.3, -0.25) is 9.36 Å². The molecule has 162 valence electrons. The van der Waals surface area contributed by atoms with E-state index in [1.165, 1.54) is 11.5 Å². The second kappa shape index (κ2) is 8.52. The summed E-state index contributed by atoms with van der Waals surface area (Å²) in [6, 6.07) is 5.34. The van der Waals surface area contributed by atoms with E-state index in [0.717, 1.165) is 17.1 Å². The summed E-state index contributed by atoms with van der Waals surface area (Å²) in [5, 5.41) is 13.8. The Hall–Kier alpha value is -3.18. The van der Waals surface area contributed by atoms with Crippen LogP contribution in [0.4, 0.5) is 5.13 Å². The molecule has 1 saturated heterocycles. The Labute approximate surface area is 182 Å². The topological polar surface area (TPSA) is 115 Å². The third kappa shape index (κ3) is 4.19. The number of hydrogen-bond acceptors (Lipinski definition) is 9. The van der Waals surface area contributed by atoms with Gasteiger partial charge < -0.3 is 24.8 Å². The van der Waals surface area contributed by atoms with E-state index in [-0.39, 0.29) is 5.91 Å². The lowest BCUT2D eigenvalue weighted by molar-refractivity contribution is -0.122. The van der Waals surface area contributed by atoms with Crippen molar-refractivity contribution in [3.8, 4) is 17.4 Å². The fourth-order valence-corrected chi connectivity index (χ4v) is 4.50. The molecule has 2 atom stereocenters. The van der Waals surface area contributed by atoms with Crippen molar-refractivity contribution in [3.63, 3.8) is 0 Å². The van der Waals surface area contributed by atoms with Crippen molar-refractivity contribution in [2.75, 3.05) is 31.2 Å². The van der Waals surface area contributed by atoms with Gasteiger partial charge in [-0.25, -0.2) is 4.98 Å². The van der Waals surface area contributed by atoms with Crippen LogP contribution in [0.3, 0.4) is 0 Å². The Kier molecular flexibility index (Phi) is 5.43. The molecule has 5 rings (SSSR count). The van der Waals surface area contributed by atoms with Crippen LogP contribution in [-0.4, -0.2) is 68.4 Å². The first-order chi connectivity index (χ1) is 15.2. The van der Waals surface area contributed by atoms with Gasteiger partial charge in [-0.1, -0.05) is 6.07 Å². The van der Waals surface area contributed by atoms with Crippen LogP contribution in [0.5, 0.6) is 11.5 Å². The van der Waals surface area contributed by atoms with Crippen LogP contribution in [0.25, 0.3) is 5.95 Å². The molecule has 0 aliphatic carbocycles. The van der Waals surface area contributed by atoms with E-state index in [4.69, 9.17) is 9.47 Å². The zero-order valence-corrected chi connectivity index (χ0v) is 17.5. The maximum absolute atomic E-state index is 12.9. The zero-order valence-electron chi connectivity index (χ0n) is 16.7. The van der Waals surface area contributed by atoms with Crippen LogP contribution >= 0.6 is 11.5 Å². The van der Waals surface area contributed by atoms with Crippen molar-refractivity contribution < 1.29 is 19.4 Å². The van der Waals surface area contributed by atoms with Crippen LogP contribution in [0, 0.1) is 0 Å². The lowest BCUT2D eigenvalue weighted by atomic mass is 10.1. The molecule has 1 amide bonds. The summed E-state index contributed by atoms with van der Waals surface area (Å²) in [5.41, 5.74) is 1.06. The largest absolute Gasteiger partial charge is 0.486 e. The highest BCUT2D eigenvalue weighted by Crippen LogP contribution is 2.31. The Morgan fingerprint density at radius 2 is 2.16 bits per heavy atom. The molecule has 0 spiro atoms. The molecule has 3 aromatic rings. The maximum atomic E-state index is 12.9. The van der Waals surface area contributed by atoms with Crippen molar-refractivity contribution in [2.24, 2.45) is 0 Å². The molecular weight excluding hydrogens is 420 g/mol. The predicted octanol–water partition coefficient (Wildman–Crippen LogP) is 0.793. The quantitative estimate of drug-likeness (QED) is 0.576. The maximum Gasteiger partial charge on any atom is 0.248 e. The lowest BCUT2D eigenvalue weighted by Gasteiger charge is -2.22. The highest BCUT2D eigenvalue weighted by Gasteiger charge is 2.37. The minimum Gasteiger partial charge on any atom is -0.486 e. The minimum absolute atomic E-state index is 0.131. The molecule has 0 bridgehead atoms. The second-order valence-corrected chi connectivity index (χ2v) is 8.15. The second-order valence-electron chi connectivity index (χ2n) is 7.42. The predicted molar refractivity (Wildman–Crippen MR) is 113 cm³/mol. The molecule has 0 saturated carbocycles. The Morgan fingerprint density at radius 1 is 1.29 bits per heavy atom. The van der Waals surface area contributed by atoms with Crippen LogP contribution in [-0.2, 0) is 11.2 Å². The minimum atomic E-state index is -0.589. The van der Waals surface area contributed by atoms with Gasteiger partial charge >= 0.3 is 0 Å². The number of benzene rings is 1. The Balaban J connectivity index is 1.21. The van der Waals surface area contributed by atoms with E-state index in [9.17, 15) is 9.90 Å². The zero-order chi connectivity index (χ0) is 21.2. The van der Waals surface area contributed by atoms with Gasteiger partial charge in [0.05, 0.1) is 6.10 Å². The van der Waals surface area contributed by atoms with Crippen molar-refractivity contribution in [1.29, 1.82) is 0 Å². The number of aliphatic hydroxyl groups excluding tert-OH is 1. The number of hydrogen-bond donors (Lipinski definition) is 2. The van der Waals surface area contributed by atoms with E-state index in [1.807, 2.05) is 23.1 Å². The number of aliphatic hydroxyl groups is 1. The summed E-state index contributed by atoms with van der Waals surface area (Å²) in [6.45, 7) is 1.93. The number of aromatic nitrogens is 4. The van der Waals surface area contributed by atoms with E-state index in [0.29, 0.717) is 50.2 Å². The van der Waals surface area contributed by atoms with Gasteiger partial charge in [-0.2, -0.15) is 9.36 Å². The van der Waals surface area contributed by atoms with Gasteiger partial charge in [0.2, 0.25) is 17.0 Å². The molecule has 1 aromatic carbocycles. The van der Waals surface area contributed by atoms with E-state index >= 15 is 0 Å². The third-order valence-corrected chi connectivity index (χ3v) is 6.03. The Morgan fingerprint density at radius 3 is 3.00 bits per heavy atom. The molecule has 0 radical (unpaired) electrons. The number of nitrogens with zero attached hydrogens (tertiary/aromatic N) is 5. The molecule has 2 aliphatic heterocycles. The highest BCUT2D eigenvalue weighted by atomic mass is 32.1. The SMILES string of the molecule is O=C(NCCc1ccc2c(c1)OCCO2)[C@H]1CC(O)CN1c1nc(-n2ccnc2)ns1. The number of imidazole rings is 1.